The van der Waals surface area contributed by atoms with Crippen molar-refractivity contribution in [3.05, 3.63) is 53.7 Å². The topological polar surface area (TPSA) is 47.3 Å². The van der Waals surface area contributed by atoms with Gasteiger partial charge in [0.05, 0.1) is 28.7 Å². The Hall–Kier alpha value is -1.95. The normalized spacial score (nSPS) is 17.2. The second-order valence-electron chi connectivity index (χ2n) is 6.28. The number of hydrogen-bond acceptors (Lipinski definition) is 4. The summed E-state index contributed by atoms with van der Waals surface area (Å²) in [6.45, 7) is 1.81. The fourth-order valence-electron chi connectivity index (χ4n) is 3.31. The highest BCUT2D eigenvalue weighted by Crippen LogP contribution is 2.40. The molecule has 5 heteroatoms. The van der Waals surface area contributed by atoms with Crippen LogP contribution in [0.2, 0.25) is 0 Å². The first-order valence-corrected chi connectivity index (χ1v) is 9.61. The summed E-state index contributed by atoms with van der Waals surface area (Å²) in [5, 5.41) is 9.21. The zero-order valence-electron chi connectivity index (χ0n) is 14.1. The molecule has 3 aromatic rings. The molecular formula is C20H22N2O2S. The van der Waals surface area contributed by atoms with E-state index < -0.39 is 0 Å². The summed E-state index contributed by atoms with van der Waals surface area (Å²) in [4.78, 5) is 7.18. The molecule has 0 bridgehead atoms. The van der Waals surface area contributed by atoms with E-state index in [1.54, 1.807) is 11.3 Å². The molecule has 0 spiro atoms. The minimum Gasteiger partial charge on any atom is -0.396 e. The molecule has 1 aromatic carbocycles. The Kier molecular flexibility index (Phi) is 4.97. The van der Waals surface area contributed by atoms with Gasteiger partial charge in [0.1, 0.15) is 0 Å². The number of thiophene rings is 1. The summed E-state index contributed by atoms with van der Waals surface area (Å²) in [6.07, 6.45) is 5.10. The molecule has 1 aliphatic rings. The molecule has 1 atom stereocenters. The number of aliphatic hydroxyl groups is 1. The third-order valence-corrected chi connectivity index (χ3v) is 5.73. The van der Waals surface area contributed by atoms with Crippen molar-refractivity contribution in [3.8, 4) is 21.8 Å². The second kappa shape index (κ2) is 7.52. The quantitative estimate of drug-likeness (QED) is 0.708. The van der Waals surface area contributed by atoms with Gasteiger partial charge in [-0.25, -0.2) is 4.98 Å². The van der Waals surface area contributed by atoms with Gasteiger partial charge in [0, 0.05) is 30.2 Å². The first-order valence-electron chi connectivity index (χ1n) is 8.80. The molecule has 1 saturated heterocycles. The summed E-state index contributed by atoms with van der Waals surface area (Å²) >= 11 is 1.80. The number of aryl methyl sites for hydroxylation is 1. The Morgan fingerprint density at radius 1 is 1.20 bits per heavy atom. The number of nitrogens with zero attached hydrogens (tertiary/aromatic N) is 2. The maximum Gasteiger partial charge on any atom is 0.0971 e. The molecule has 0 aliphatic carbocycles. The van der Waals surface area contributed by atoms with Gasteiger partial charge in [-0.1, -0.05) is 30.3 Å². The standard InChI is InChI=1S/C20H22N2O2S/c23-12-5-11-22-14-21-19(15-6-2-1-3-7-15)20(22)18-10-9-17(25-18)16-8-4-13-24-16/h1-3,6-7,9-10,14,16,23H,4-5,8,11-13H2. The van der Waals surface area contributed by atoms with Gasteiger partial charge in [-0.3, -0.25) is 0 Å². The average Bonchev–Trinajstić information content (AvgIpc) is 3.39. The van der Waals surface area contributed by atoms with E-state index in [2.05, 4.69) is 33.8 Å². The van der Waals surface area contributed by atoms with Gasteiger partial charge in [-0.05, 0) is 31.4 Å². The van der Waals surface area contributed by atoms with Crippen molar-refractivity contribution in [3.63, 3.8) is 0 Å². The van der Waals surface area contributed by atoms with E-state index >= 15 is 0 Å². The summed E-state index contributed by atoms with van der Waals surface area (Å²) in [5.74, 6) is 0. The van der Waals surface area contributed by atoms with E-state index in [-0.39, 0.29) is 12.7 Å². The molecule has 0 radical (unpaired) electrons. The summed E-state index contributed by atoms with van der Waals surface area (Å²) in [5.41, 5.74) is 3.25. The molecule has 4 nitrogen and oxygen atoms in total. The van der Waals surface area contributed by atoms with Crippen molar-refractivity contribution in [1.82, 2.24) is 9.55 Å². The monoisotopic (exact) mass is 354 g/mol. The molecule has 1 unspecified atom stereocenters. The van der Waals surface area contributed by atoms with Crippen LogP contribution in [0, 0.1) is 0 Å². The van der Waals surface area contributed by atoms with Crippen molar-refractivity contribution in [2.75, 3.05) is 13.2 Å². The lowest BCUT2D eigenvalue weighted by atomic mass is 10.1. The Balaban J connectivity index is 1.74. The predicted molar refractivity (Wildman–Crippen MR) is 101 cm³/mol. The maximum absolute atomic E-state index is 9.21. The fourth-order valence-corrected chi connectivity index (χ4v) is 4.47. The largest absolute Gasteiger partial charge is 0.396 e. The number of aromatic nitrogens is 2. The van der Waals surface area contributed by atoms with Crippen LogP contribution in [0.3, 0.4) is 0 Å². The van der Waals surface area contributed by atoms with Crippen LogP contribution in [0.15, 0.2) is 48.8 Å². The SMILES string of the molecule is OCCCn1cnc(-c2ccccc2)c1-c1ccc(C2CCCO2)s1. The number of aliphatic hydroxyl groups excluding tert-OH is 1. The first kappa shape index (κ1) is 16.5. The van der Waals surface area contributed by atoms with E-state index in [0.717, 1.165) is 49.4 Å². The van der Waals surface area contributed by atoms with Crippen molar-refractivity contribution >= 4 is 11.3 Å². The number of imidazole rings is 1. The van der Waals surface area contributed by atoms with Crippen LogP contribution in [0.1, 0.15) is 30.2 Å². The van der Waals surface area contributed by atoms with Gasteiger partial charge >= 0.3 is 0 Å². The molecule has 1 N–H and O–H groups in total. The van der Waals surface area contributed by atoms with E-state index in [0.29, 0.717) is 0 Å². The van der Waals surface area contributed by atoms with Crippen LogP contribution in [-0.2, 0) is 11.3 Å². The molecule has 130 valence electrons. The van der Waals surface area contributed by atoms with E-state index in [1.807, 2.05) is 24.5 Å². The Labute approximate surface area is 151 Å². The fraction of sp³-hybridized carbons (Fsp3) is 0.350. The Morgan fingerprint density at radius 3 is 2.84 bits per heavy atom. The van der Waals surface area contributed by atoms with Crippen LogP contribution in [0.25, 0.3) is 21.8 Å². The summed E-state index contributed by atoms with van der Waals surface area (Å²) in [6, 6.07) is 14.7. The number of rotatable bonds is 6. The Bertz CT molecular complexity index is 819. The van der Waals surface area contributed by atoms with E-state index in [4.69, 9.17) is 4.74 Å². The molecule has 0 saturated carbocycles. The molecule has 1 aliphatic heterocycles. The maximum atomic E-state index is 9.21. The number of ether oxygens (including phenoxy) is 1. The second-order valence-corrected chi connectivity index (χ2v) is 7.40. The molecule has 2 aromatic heterocycles. The van der Waals surface area contributed by atoms with Gasteiger partial charge in [0.25, 0.3) is 0 Å². The van der Waals surface area contributed by atoms with Crippen molar-refractivity contribution in [2.24, 2.45) is 0 Å². The van der Waals surface area contributed by atoms with Crippen LogP contribution in [0.4, 0.5) is 0 Å². The lowest BCUT2D eigenvalue weighted by Gasteiger charge is -2.09. The zero-order valence-corrected chi connectivity index (χ0v) is 14.9. The number of hydrogen-bond donors (Lipinski definition) is 1. The minimum absolute atomic E-state index is 0.184. The zero-order chi connectivity index (χ0) is 17.1. The highest BCUT2D eigenvalue weighted by Gasteiger charge is 2.22. The van der Waals surface area contributed by atoms with E-state index in [1.165, 1.54) is 9.75 Å². The lowest BCUT2D eigenvalue weighted by molar-refractivity contribution is 0.114. The van der Waals surface area contributed by atoms with Crippen LogP contribution in [-0.4, -0.2) is 27.9 Å². The molecule has 4 rings (SSSR count). The van der Waals surface area contributed by atoms with Crippen LogP contribution >= 0.6 is 11.3 Å². The minimum atomic E-state index is 0.184. The lowest BCUT2D eigenvalue weighted by Crippen LogP contribution is -2.00. The highest BCUT2D eigenvalue weighted by atomic mass is 32.1. The molecule has 0 amide bonds. The van der Waals surface area contributed by atoms with E-state index in [9.17, 15) is 5.11 Å². The van der Waals surface area contributed by atoms with Gasteiger partial charge in [0.2, 0.25) is 0 Å². The van der Waals surface area contributed by atoms with Crippen molar-refractivity contribution in [1.29, 1.82) is 0 Å². The molecule has 25 heavy (non-hydrogen) atoms. The predicted octanol–water partition coefficient (Wildman–Crippen LogP) is 4.51. The summed E-state index contributed by atoms with van der Waals surface area (Å²) < 4.78 is 7.99. The van der Waals surface area contributed by atoms with Crippen LogP contribution in [0.5, 0.6) is 0 Å². The van der Waals surface area contributed by atoms with Gasteiger partial charge < -0.3 is 14.4 Å². The average molecular weight is 354 g/mol. The third kappa shape index (κ3) is 3.40. The molecule has 3 heterocycles. The molecular weight excluding hydrogens is 332 g/mol. The van der Waals surface area contributed by atoms with Crippen LogP contribution < -0.4 is 0 Å². The van der Waals surface area contributed by atoms with Gasteiger partial charge in [-0.2, -0.15) is 0 Å². The molecule has 1 fully saturated rings. The smallest absolute Gasteiger partial charge is 0.0971 e. The van der Waals surface area contributed by atoms with Gasteiger partial charge in [0.15, 0.2) is 0 Å². The van der Waals surface area contributed by atoms with Gasteiger partial charge in [-0.15, -0.1) is 11.3 Å². The third-order valence-electron chi connectivity index (χ3n) is 4.55. The number of benzene rings is 1. The highest BCUT2D eigenvalue weighted by molar-refractivity contribution is 7.15. The van der Waals surface area contributed by atoms with Crippen molar-refractivity contribution in [2.45, 2.75) is 31.9 Å². The summed E-state index contributed by atoms with van der Waals surface area (Å²) in [7, 11) is 0. The van der Waals surface area contributed by atoms with Crippen molar-refractivity contribution < 1.29 is 9.84 Å². The Morgan fingerprint density at radius 2 is 2.08 bits per heavy atom. The first-order chi connectivity index (χ1) is 12.4.